The van der Waals surface area contributed by atoms with Crippen LogP contribution >= 0.6 is 0 Å². The molecule has 0 aliphatic rings. The van der Waals surface area contributed by atoms with Crippen LogP contribution in [0.25, 0.3) is 0 Å². The quantitative estimate of drug-likeness (QED) is 0.610. The molecule has 4 nitrogen and oxygen atoms in total. The van der Waals surface area contributed by atoms with Gasteiger partial charge in [-0.1, -0.05) is 13.3 Å². The Bertz CT molecular complexity index is 245. The molecule has 3 N–H and O–H groups in total. The zero-order chi connectivity index (χ0) is 13.3. The van der Waals surface area contributed by atoms with Crippen LogP contribution in [-0.4, -0.2) is 34.7 Å². The van der Waals surface area contributed by atoms with Crippen LogP contribution in [0.15, 0.2) is 0 Å². The number of hydrogen-bond acceptors (Lipinski definition) is 3. The van der Waals surface area contributed by atoms with E-state index in [1.54, 1.807) is 6.26 Å². The predicted octanol–water partition coefficient (Wildman–Crippen LogP) is 1.02. The van der Waals surface area contributed by atoms with E-state index in [-0.39, 0.29) is 17.9 Å². The zero-order valence-electron chi connectivity index (χ0n) is 11.2. The lowest BCUT2D eigenvalue weighted by Gasteiger charge is -2.12. The third-order valence-corrected chi connectivity index (χ3v) is 3.52. The summed E-state index contributed by atoms with van der Waals surface area (Å²) in [5, 5.41) is 2.87. The first-order chi connectivity index (χ1) is 7.93. The van der Waals surface area contributed by atoms with Gasteiger partial charge in [0.15, 0.2) is 0 Å². The van der Waals surface area contributed by atoms with Gasteiger partial charge in [-0.05, 0) is 26.2 Å². The molecule has 0 radical (unpaired) electrons. The average molecular weight is 262 g/mol. The molecule has 5 heteroatoms. The van der Waals surface area contributed by atoms with Gasteiger partial charge in [-0.3, -0.25) is 9.00 Å². The molecule has 1 amide bonds. The second-order valence-electron chi connectivity index (χ2n) is 4.73. The molecular formula is C12H26N2O2S. The van der Waals surface area contributed by atoms with E-state index in [2.05, 4.69) is 5.32 Å². The summed E-state index contributed by atoms with van der Waals surface area (Å²) in [5.41, 5.74) is 5.65. The van der Waals surface area contributed by atoms with Crippen molar-refractivity contribution in [1.82, 2.24) is 5.32 Å². The van der Waals surface area contributed by atoms with Gasteiger partial charge in [0.1, 0.15) is 0 Å². The van der Waals surface area contributed by atoms with Gasteiger partial charge in [-0.2, -0.15) is 0 Å². The van der Waals surface area contributed by atoms with Crippen molar-refractivity contribution in [3.05, 3.63) is 0 Å². The Morgan fingerprint density at radius 1 is 1.29 bits per heavy atom. The van der Waals surface area contributed by atoms with Gasteiger partial charge in [-0.15, -0.1) is 0 Å². The topological polar surface area (TPSA) is 72.2 Å². The smallest absolute Gasteiger partial charge is 0.222 e. The predicted molar refractivity (Wildman–Crippen MR) is 73.2 cm³/mol. The number of rotatable bonds is 9. The highest BCUT2D eigenvalue weighted by atomic mass is 32.2. The minimum Gasteiger partial charge on any atom is -0.356 e. The average Bonchev–Trinajstić information content (AvgIpc) is 2.23. The molecular weight excluding hydrogens is 236 g/mol. The lowest BCUT2D eigenvalue weighted by atomic mass is 10.0. The van der Waals surface area contributed by atoms with Crippen molar-refractivity contribution in [1.29, 1.82) is 0 Å². The van der Waals surface area contributed by atoms with Crippen molar-refractivity contribution in [3.8, 4) is 0 Å². The highest BCUT2D eigenvalue weighted by molar-refractivity contribution is 7.84. The number of carbonyl (C=O) groups excluding carboxylic acids is 1. The highest BCUT2D eigenvalue weighted by Crippen LogP contribution is 2.08. The number of nitrogens with one attached hydrogen (secondary N) is 1. The minimum absolute atomic E-state index is 0.0425. The van der Waals surface area contributed by atoms with Gasteiger partial charge < -0.3 is 11.1 Å². The molecule has 0 aromatic rings. The van der Waals surface area contributed by atoms with Crippen LogP contribution in [0.2, 0.25) is 0 Å². The van der Waals surface area contributed by atoms with E-state index in [0.29, 0.717) is 12.3 Å². The van der Waals surface area contributed by atoms with Gasteiger partial charge in [0.2, 0.25) is 5.91 Å². The molecule has 0 aliphatic carbocycles. The first-order valence-corrected chi connectivity index (χ1v) is 7.99. The number of carbonyl (C=O) groups is 1. The maximum Gasteiger partial charge on any atom is 0.222 e. The summed E-state index contributed by atoms with van der Waals surface area (Å²) in [4.78, 5) is 11.6. The van der Waals surface area contributed by atoms with Crippen LogP contribution in [-0.2, 0) is 15.6 Å². The fraction of sp³-hybridized carbons (Fsp3) is 0.917. The van der Waals surface area contributed by atoms with E-state index in [1.807, 2.05) is 13.8 Å². The van der Waals surface area contributed by atoms with E-state index in [0.717, 1.165) is 25.7 Å². The Labute approximate surface area is 107 Å². The van der Waals surface area contributed by atoms with Crippen LogP contribution in [0, 0.1) is 5.92 Å². The molecule has 0 heterocycles. The molecule has 0 spiro atoms. The molecule has 0 bridgehead atoms. The number of hydrogen-bond donors (Lipinski definition) is 2. The van der Waals surface area contributed by atoms with Crippen LogP contribution in [0.5, 0.6) is 0 Å². The van der Waals surface area contributed by atoms with Crippen LogP contribution in [0.4, 0.5) is 0 Å². The second kappa shape index (κ2) is 9.59. The largest absolute Gasteiger partial charge is 0.356 e. The van der Waals surface area contributed by atoms with Gasteiger partial charge >= 0.3 is 0 Å². The summed E-state index contributed by atoms with van der Waals surface area (Å²) in [7, 11) is -0.766. The van der Waals surface area contributed by atoms with Crippen molar-refractivity contribution in [2.75, 3.05) is 18.6 Å². The van der Waals surface area contributed by atoms with E-state index in [1.165, 1.54) is 0 Å². The first-order valence-electron chi connectivity index (χ1n) is 6.26. The van der Waals surface area contributed by atoms with Gasteiger partial charge in [0.25, 0.3) is 0 Å². The molecule has 0 aromatic heterocycles. The molecule has 17 heavy (non-hydrogen) atoms. The van der Waals surface area contributed by atoms with Gasteiger partial charge in [0.05, 0.1) is 0 Å². The number of nitrogens with two attached hydrogens (primary N) is 1. The van der Waals surface area contributed by atoms with Gasteiger partial charge in [-0.25, -0.2) is 0 Å². The third-order valence-electron chi connectivity index (χ3n) is 2.65. The van der Waals surface area contributed by atoms with Crippen molar-refractivity contribution < 1.29 is 9.00 Å². The van der Waals surface area contributed by atoms with E-state index in [9.17, 15) is 9.00 Å². The summed E-state index contributed by atoms with van der Waals surface area (Å²) in [6.45, 7) is 4.54. The SMILES string of the molecule is CC(N)CCCC(C)C(=O)NCCCS(C)=O. The van der Waals surface area contributed by atoms with Crippen molar-refractivity contribution in [2.45, 2.75) is 45.6 Å². The molecule has 102 valence electrons. The second-order valence-corrected chi connectivity index (χ2v) is 6.29. The van der Waals surface area contributed by atoms with Crippen molar-refractivity contribution in [2.24, 2.45) is 11.7 Å². The van der Waals surface area contributed by atoms with Crippen LogP contribution in [0.1, 0.15) is 39.5 Å². The fourth-order valence-electron chi connectivity index (χ4n) is 1.54. The molecule has 3 atom stereocenters. The molecule has 0 aromatic carbocycles. The maximum absolute atomic E-state index is 11.6. The minimum atomic E-state index is -0.766. The molecule has 0 rings (SSSR count). The molecule has 0 fully saturated rings. The van der Waals surface area contributed by atoms with Crippen LogP contribution < -0.4 is 11.1 Å². The monoisotopic (exact) mass is 262 g/mol. The van der Waals surface area contributed by atoms with E-state index < -0.39 is 10.8 Å². The summed E-state index contributed by atoms with van der Waals surface area (Å²) >= 11 is 0. The Balaban J connectivity index is 3.57. The maximum atomic E-state index is 11.6. The van der Waals surface area contributed by atoms with Crippen molar-refractivity contribution in [3.63, 3.8) is 0 Å². The lowest BCUT2D eigenvalue weighted by molar-refractivity contribution is -0.124. The molecule has 3 unspecified atom stereocenters. The van der Waals surface area contributed by atoms with Crippen molar-refractivity contribution >= 4 is 16.7 Å². The molecule has 0 aliphatic heterocycles. The lowest BCUT2D eigenvalue weighted by Crippen LogP contribution is -2.30. The normalized spacial score (nSPS) is 16.2. The summed E-state index contributed by atoms with van der Waals surface area (Å²) in [6, 6.07) is 0.213. The first kappa shape index (κ1) is 16.6. The Morgan fingerprint density at radius 2 is 1.94 bits per heavy atom. The summed E-state index contributed by atoms with van der Waals surface area (Å²) in [6.07, 6.45) is 5.30. The molecule has 0 saturated carbocycles. The highest BCUT2D eigenvalue weighted by Gasteiger charge is 2.11. The Hall–Kier alpha value is -0.420. The van der Waals surface area contributed by atoms with E-state index >= 15 is 0 Å². The zero-order valence-corrected chi connectivity index (χ0v) is 12.0. The summed E-state index contributed by atoms with van der Waals surface area (Å²) < 4.78 is 10.8. The van der Waals surface area contributed by atoms with E-state index in [4.69, 9.17) is 5.73 Å². The summed E-state index contributed by atoms with van der Waals surface area (Å²) in [5.74, 6) is 0.789. The standard InChI is InChI=1S/C12H26N2O2S/c1-10(6-4-7-11(2)13)12(15)14-8-5-9-17(3)16/h10-11H,4-9,13H2,1-3H3,(H,14,15). The molecule has 0 saturated heterocycles. The van der Waals surface area contributed by atoms with Crippen LogP contribution in [0.3, 0.4) is 0 Å². The Morgan fingerprint density at radius 3 is 2.47 bits per heavy atom. The fourth-order valence-corrected chi connectivity index (χ4v) is 2.09. The Kier molecular flexibility index (Phi) is 9.36. The number of amides is 1. The third kappa shape index (κ3) is 10.5. The van der Waals surface area contributed by atoms with Gasteiger partial charge in [0, 0.05) is 41.3 Å².